The van der Waals surface area contributed by atoms with Crippen LogP contribution in [0.2, 0.25) is 0 Å². The van der Waals surface area contributed by atoms with Crippen LogP contribution in [0.25, 0.3) is 22.4 Å². The van der Waals surface area contributed by atoms with E-state index in [0.29, 0.717) is 17.2 Å². The summed E-state index contributed by atoms with van der Waals surface area (Å²) in [5, 5.41) is 7.16. The number of aromatic nitrogens is 5. The zero-order chi connectivity index (χ0) is 24.0. The second-order valence-electron chi connectivity index (χ2n) is 8.76. The molecular weight excluding hydrogens is 445 g/mol. The highest BCUT2D eigenvalue weighted by Gasteiger charge is 2.31. The van der Waals surface area contributed by atoms with Crippen molar-refractivity contribution in [3.05, 3.63) is 70.4 Å². The molecule has 3 heterocycles. The first-order valence-electron chi connectivity index (χ1n) is 11.2. The fraction of sp³-hybridized carbons (Fsp3) is 0.375. The zero-order valence-corrected chi connectivity index (χ0v) is 18.9. The summed E-state index contributed by atoms with van der Waals surface area (Å²) in [4.78, 5) is 19.7. The molecule has 1 fully saturated rings. The standard InChI is InChI=1S/C24H25F3N6O/c1-15(21-28-22(30-29-21)16-7-9-17(10-8-16)24(25,26)27)32-13-11-18(12-14-32)33-20-6-4-3-5-19(20)31(2)23(33)34/h3-10,15,18H,11-14H2,1-2H3,(H,28,29,30). The molecule has 10 heteroatoms. The maximum Gasteiger partial charge on any atom is 0.416 e. The Morgan fingerprint density at radius 2 is 1.68 bits per heavy atom. The summed E-state index contributed by atoms with van der Waals surface area (Å²) < 4.78 is 42.0. The van der Waals surface area contributed by atoms with E-state index in [1.165, 1.54) is 12.1 Å². The van der Waals surface area contributed by atoms with Gasteiger partial charge in [-0.25, -0.2) is 9.78 Å². The molecular formula is C24H25F3N6O. The number of hydrogen-bond donors (Lipinski definition) is 1. The van der Waals surface area contributed by atoms with E-state index in [4.69, 9.17) is 0 Å². The second-order valence-corrected chi connectivity index (χ2v) is 8.76. The van der Waals surface area contributed by atoms with Crippen LogP contribution in [0.3, 0.4) is 0 Å². The number of piperidine rings is 1. The van der Waals surface area contributed by atoms with E-state index >= 15 is 0 Å². The van der Waals surface area contributed by atoms with E-state index in [9.17, 15) is 18.0 Å². The third kappa shape index (κ3) is 3.91. The van der Waals surface area contributed by atoms with Crippen LogP contribution in [-0.2, 0) is 13.2 Å². The van der Waals surface area contributed by atoms with Gasteiger partial charge in [0.15, 0.2) is 11.6 Å². The van der Waals surface area contributed by atoms with Gasteiger partial charge in [0.05, 0.1) is 22.6 Å². The van der Waals surface area contributed by atoms with Gasteiger partial charge in [-0.05, 0) is 44.0 Å². The first-order chi connectivity index (χ1) is 16.2. The van der Waals surface area contributed by atoms with Gasteiger partial charge in [-0.15, -0.1) is 0 Å². The summed E-state index contributed by atoms with van der Waals surface area (Å²) >= 11 is 0. The maximum absolute atomic E-state index is 12.9. The van der Waals surface area contributed by atoms with Crippen molar-refractivity contribution in [2.75, 3.05) is 13.1 Å². The third-order valence-electron chi connectivity index (χ3n) is 6.77. The summed E-state index contributed by atoms with van der Waals surface area (Å²) in [6.07, 6.45) is -2.72. The number of fused-ring (bicyclic) bond motifs is 1. The van der Waals surface area contributed by atoms with Crippen molar-refractivity contribution in [3.8, 4) is 11.4 Å². The van der Waals surface area contributed by atoms with E-state index < -0.39 is 11.7 Å². The monoisotopic (exact) mass is 470 g/mol. The molecule has 34 heavy (non-hydrogen) atoms. The molecule has 1 atom stereocenters. The Hall–Kier alpha value is -3.40. The van der Waals surface area contributed by atoms with Gasteiger partial charge in [-0.2, -0.15) is 18.3 Å². The number of rotatable bonds is 4. The van der Waals surface area contributed by atoms with Gasteiger partial charge in [0.25, 0.3) is 0 Å². The van der Waals surface area contributed by atoms with E-state index in [2.05, 4.69) is 20.1 Å². The van der Waals surface area contributed by atoms with Crippen molar-refractivity contribution in [1.29, 1.82) is 0 Å². The number of nitrogens with zero attached hydrogens (tertiary/aromatic N) is 5. The molecule has 2 aromatic heterocycles. The van der Waals surface area contributed by atoms with Crippen molar-refractivity contribution < 1.29 is 13.2 Å². The number of para-hydroxylation sites is 2. The Kier molecular flexibility index (Phi) is 5.55. The van der Waals surface area contributed by atoms with Crippen LogP contribution in [0.5, 0.6) is 0 Å². The van der Waals surface area contributed by atoms with Gasteiger partial charge in [0, 0.05) is 31.7 Å². The number of imidazole rings is 1. The number of halogens is 3. The summed E-state index contributed by atoms with van der Waals surface area (Å²) in [5.41, 5.74) is 1.74. The van der Waals surface area contributed by atoms with Gasteiger partial charge in [-0.1, -0.05) is 24.3 Å². The molecule has 0 radical (unpaired) electrons. The highest BCUT2D eigenvalue weighted by atomic mass is 19.4. The van der Waals surface area contributed by atoms with Crippen LogP contribution in [0.4, 0.5) is 13.2 Å². The number of alkyl halides is 3. The van der Waals surface area contributed by atoms with Crippen molar-refractivity contribution >= 4 is 11.0 Å². The van der Waals surface area contributed by atoms with Gasteiger partial charge in [-0.3, -0.25) is 19.1 Å². The van der Waals surface area contributed by atoms with Crippen molar-refractivity contribution in [2.45, 2.75) is 38.0 Å². The average molecular weight is 470 g/mol. The maximum atomic E-state index is 12.9. The predicted octanol–water partition coefficient (Wildman–Crippen LogP) is 4.54. The first kappa shape index (κ1) is 22.4. The SMILES string of the molecule is CC(c1n[nH]c(-c2ccc(C(F)(F)F)cc2)n1)N1CCC(n2c(=O)n(C)c3ccccc32)CC1. The Balaban J connectivity index is 1.28. The first-order valence-corrected chi connectivity index (χ1v) is 11.2. The molecule has 1 aliphatic rings. The van der Waals surface area contributed by atoms with Gasteiger partial charge in [0.2, 0.25) is 0 Å². The molecule has 178 valence electrons. The van der Waals surface area contributed by atoms with Crippen LogP contribution < -0.4 is 5.69 Å². The van der Waals surface area contributed by atoms with Crippen molar-refractivity contribution in [1.82, 2.24) is 29.2 Å². The molecule has 0 aliphatic carbocycles. The van der Waals surface area contributed by atoms with Crippen LogP contribution in [0, 0.1) is 0 Å². The molecule has 1 aliphatic heterocycles. The van der Waals surface area contributed by atoms with Crippen LogP contribution in [0.15, 0.2) is 53.3 Å². The fourth-order valence-corrected chi connectivity index (χ4v) is 4.77. The summed E-state index contributed by atoms with van der Waals surface area (Å²) in [6.45, 7) is 3.58. The minimum Gasteiger partial charge on any atom is -0.295 e. The zero-order valence-electron chi connectivity index (χ0n) is 18.9. The number of nitrogens with one attached hydrogen (secondary N) is 1. The lowest BCUT2D eigenvalue weighted by Gasteiger charge is -2.35. The molecule has 5 rings (SSSR count). The predicted molar refractivity (Wildman–Crippen MR) is 122 cm³/mol. The van der Waals surface area contributed by atoms with Crippen LogP contribution in [0.1, 0.15) is 43.2 Å². The Bertz CT molecular complexity index is 1360. The van der Waals surface area contributed by atoms with E-state index in [1.807, 2.05) is 35.8 Å². The fourth-order valence-electron chi connectivity index (χ4n) is 4.77. The molecule has 2 aromatic carbocycles. The Morgan fingerprint density at radius 3 is 2.32 bits per heavy atom. The average Bonchev–Trinajstić information content (AvgIpc) is 3.42. The number of likely N-dealkylation sites (tertiary alicyclic amines) is 1. The van der Waals surface area contributed by atoms with Crippen molar-refractivity contribution in [3.63, 3.8) is 0 Å². The minimum atomic E-state index is -4.37. The third-order valence-corrected chi connectivity index (χ3v) is 6.77. The summed E-state index contributed by atoms with van der Waals surface area (Å²) in [5.74, 6) is 1.03. The summed E-state index contributed by atoms with van der Waals surface area (Å²) in [7, 11) is 1.80. The van der Waals surface area contributed by atoms with Crippen molar-refractivity contribution in [2.24, 2.45) is 7.05 Å². The molecule has 0 bridgehead atoms. The highest BCUT2D eigenvalue weighted by Crippen LogP contribution is 2.32. The quantitative estimate of drug-likeness (QED) is 0.475. The van der Waals surface area contributed by atoms with Gasteiger partial charge >= 0.3 is 11.9 Å². The highest BCUT2D eigenvalue weighted by molar-refractivity contribution is 5.76. The smallest absolute Gasteiger partial charge is 0.295 e. The lowest BCUT2D eigenvalue weighted by atomic mass is 10.0. The van der Waals surface area contributed by atoms with Crippen LogP contribution >= 0.6 is 0 Å². The largest absolute Gasteiger partial charge is 0.416 e. The van der Waals surface area contributed by atoms with Gasteiger partial charge in [0.1, 0.15) is 0 Å². The number of aryl methyl sites for hydroxylation is 1. The molecule has 0 spiro atoms. The number of hydrogen-bond acceptors (Lipinski definition) is 4. The molecule has 1 saturated heterocycles. The number of H-pyrrole nitrogens is 1. The second kappa shape index (κ2) is 8.43. The minimum absolute atomic E-state index is 0.00264. The Labute approximate surface area is 193 Å². The lowest BCUT2D eigenvalue weighted by Crippen LogP contribution is -2.39. The molecule has 0 amide bonds. The Morgan fingerprint density at radius 1 is 1.03 bits per heavy atom. The molecule has 1 N–H and O–H groups in total. The van der Waals surface area contributed by atoms with Crippen LogP contribution in [-0.4, -0.2) is 42.3 Å². The molecule has 1 unspecified atom stereocenters. The van der Waals surface area contributed by atoms with Gasteiger partial charge < -0.3 is 0 Å². The van der Waals surface area contributed by atoms with E-state index in [1.54, 1.807) is 11.6 Å². The lowest BCUT2D eigenvalue weighted by molar-refractivity contribution is -0.137. The normalized spacial score (nSPS) is 16.9. The molecule has 7 nitrogen and oxygen atoms in total. The number of benzene rings is 2. The van der Waals surface area contributed by atoms with E-state index in [-0.39, 0.29) is 17.8 Å². The van der Waals surface area contributed by atoms with E-state index in [0.717, 1.165) is 49.1 Å². The topological polar surface area (TPSA) is 71.7 Å². The summed E-state index contributed by atoms with van der Waals surface area (Å²) in [6, 6.07) is 12.8. The number of aromatic amines is 1. The molecule has 0 saturated carbocycles. The molecule has 4 aromatic rings.